The van der Waals surface area contributed by atoms with Gasteiger partial charge in [-0.1, -0.05) is 144 Å². The summed E-state index contributed by atoms with van der Waals surface area (Å²) < 4.78 is 5.90. The number of hydrogen-bond donors (Lipinski definition) is 3. The fourth-order valence-electron chi connectivity index (χ4n) is 5.81. The number of hydrogen-bond acceptors (Lipinski definition) is 5. The largest absolute Gasteiger partial charge is 0.480 e. The van der Waals surface area contributed by atoms with Gasteiger partial charge < -0.3 is 20.9 Å². The van der Waals surface area contributed by atoms with E-state index in [0.29, 0.717) is 38.6 Å². The lowest BCUT2D eigenvalue weighted by atomic mass is 10.1. The number of nitrogens with two attached hydrogens (primary N) is 1. The van der Waals surface area contributed by atoms with Crippen LogP contribution in [0, 0.1) is 0 Å². The Morgan fingerprint density at radius 2 is 1.04 bits per heavy atom. The van der Waals surface area contributed by atoms with Crippen LogP contribution in [0.15, 0.2) is 97.2 Å². The van der Waals surface area contributed by atoms with Gasteiger partial charge in [-0.2, -0.15) is 0 Å². The maximum Gasteiger partial charge on any atom is 0.326 e. The van der Waals surface area contributed by atoms with Crippen molar-refractivity contribution in [2.75, 3.05) is 6.54 Å². The first-order chi connectivity index (χ1) is 27.4. The molecule has 1 amide bonds. The van der Waals surface area contributed by atoms with Crippen LogP contribution >= 0.6 is 0 Å². The normalized spacial score (nSPS) is 13.6. The molecular formula is C49H80N2O5. The van der Waals surface area contributed by atoms with Crippen molar-refractivity contribution in [1.82, 2.24) is 5.32 Å². The second kappa shape index (κ2) is 42.4. The van der Waals surface area contributed by atoms with Crippen LogP contribution in [0.1, 0.15) is 174 Å². The zero-order valence-electron chi connectivity index (χ0n) is 35.4. The minimum atomic E-state index is -1.02. The van der Waals surface area contributed by atoms with Crippen LogP contribution < -0.4 is 11.1 Å². The molecule has 0 saturated heterocycles. The summed E-state index contributed by atoms with van der Waals surface area (Å²) in [5.41, 5.74) is 5.48. The van der Waals surface area contributed by atoms with E-state index in [1.807, 2.05) is 6.08 Å². The summed E-state index contributed by atoms with van der Waals surface area (Å²) in [5, 5.41) is 11.9. The highest BCUT2D eigenvalue weighted by Gasteiger charge is 2.19. The van der Waals surface area contributed by atoms with Gasteiger partial charge in [-0.15, -0.1) is 0 Å². The van der Waals surface area contributed by atoms with Gasteiger partial charge >= 0.3 is 11.9 Å². The predicted octanol–water partition coefficient (Wildman–Crippen LogP) is 12.7. The first-order valence-electron chi connectivity index (χ1n) is 22.1. The summed E-state index contributed by atoms with van der Waals surface area (Å²) in [6, 6.07) is -0.882. The molecule has 0 spiro atoms. The number of ether oxygens (including phenoxy) is 1. The molecule has 0 saturated carbocycles. The third-order valence-electron chi connectivity index (χ3n) is 9.12. The number of carboxylic acids is 1. The van der Waals surface area contributed by atoms with Crippen LogP contribution in [0.3, 0.4) is 0 Å². The van der Waals surface area contributed by atoms with Gasteiger partial charge in [0.2, 0.25) is 5.91 Å². The zero-order valence-corrected chi connectivity index (χ0v) is 35.4. The Bertz CT molecular complexity index is 1190. The molecule has 316 valence electrons. The van der Waals surface area contributed by atoms with E-state index in [4.69, 9.17) is 10.5 Å². The van der Waals surface area contributed by atoms with Crippen LogP contribution in [0.25, 0.3) is 0 Å². The van der Waals surface area contributed by atoms with Gasteiger partial charge in [-0.25, -0.2) is 4.79 Å². The Kier molecular flexibility index (Phi) is 39.6. The zero-order chi connectivity index (χ0) is 41.0. The summed E-state index contributed by atoms with van der Waals surface area (Å²) >= 11 is 0. The Labute approximate surface area is 342 Å². The minimum Gasteiger partial charge on any atom is -0.480 e. The van der Waals surface area contributed by atoms with Crippen molar-refractivity contribution in [3.05, 3.63) is 97.2 Å². The Hall–Kier alpha value is -3.71. The third-order valence-corrected chi connectivity index (χ3v) is 9.12. The second-order valence-corrected chi connectivity index (χ2v) is 14.4. The molecule has 2 unspecified atom stereocenters. The van der Waals surface area contributed by atoms with Crippen LogP contribution in [0.2, 0.25) is 0 Å². The van der Waals surface area contributed by atoms with E-state index >= 15 is 0 Å². The van der Waals surface area contributed by atoms with Crippen molar-refractivity contribution in [3.63, 3.8) is 0 Å². The summed E-state index contributed by atoms with van der Waals surface area (Å²) in [6.45, 7) is 4.76. The maximum absolute atomic E-state index is 12.7. The lowest BCUT2D eigenvalue weighted by molar-refractivity contribution is -0.147. The van der Waals surface area contributed by atoms with E-state index in [1.54, 1.807) is 0 Å². The molecule has 0 fully saturated rings. The van der Waals surface area contributed by atoms with Gasteiger partial charge in [0.1, 0.15) is 12.1 Å². The van der Waals surface area contributed by atoms with Crippen LogP contribution in [-0.4, -0.2) is 41.6 Å². The number of carbonyl (C=O) groups is 3. The van der Waals surface area contributed by atoms with E-state index < -0.39 is 12.0 Å². The quantitative estimate of drug-likeness (QED) is 0.0326. The second-order valence-electron chi connectivity index (χ2n) is 14.4. The van der Waals surface area contributed by atoms with Crippen LogP contribution in [-0.2, 0) is 19.1 Å². The average Bonchev–Trinajstić information content (AvgIpc) is 3.18. The monoisotopic (exact) mass is 777 g/mol. The molecule has 7 nitrogen and oxygen atoms in total. The van der Waals surface area contributed by atoms with Crippen molar-refractivity contribution in [1.29, 1.82) is 0 Å². The molecule has 0 bridgehead atoms. The van der Waals surface area contributed by atoms with E-state index in [9.17, 15) is 19.5 Å². The highest BCUT2D eigenvalue weighted by molar-refractivity contribution is 5.83. The number of allylic oxidation sites excluding steroid dienone is 15. The van der Waals surface area contributed by atoms with Crippen molar-refractivity contribution < 1.29 is 24.2 Å². The lowest BCUT2D eigenvalue weighted by Crippen LogP contribution is -2.40. The Balaban J connectivity index is 4.30. The molecule has 0 aliphatic rings. The summed E-state index contributed by atoms with van der Waals surface area (Å²) in [4.78, 5) is 36.3. The molecule has 0 aromatic rings. The van der Waals surface area contributed by atoms with E-state index in [-0.39, 0.29) is 18.0 Å². The van der Waals surface area contributed by atoms with Gasteiger partial charge in [0.05, 0.1) is 0 Å². The molecule has 0 radical (unpaired) electrons. The fourth-order valence-corrected chi connectivity index (χ4v) is 5.81. The van der Waals surface area contributed by atoms with Crippen molar-refractivity contribution in [3.8, 4) is 0 Å². The standard InChI is InChI=1S/C49H80N2O5/c1-3-5-7-9-11-13-14-15-16-17-18-19-20-21-22-23-24-25-26-27-29-31-37-43-48(53)56-45(39-34-30-28-12-10-8-6-4-2)40-35-32-33-36-42-47(52)51-46(49(54)55)41-38-44-50/h5,7,11-13,15-16,18-19,21-22,24-25,28,34,39,45-46H,3-4,6,8-10,14,17,20,23,26-27,29-33,35-38,40-44,50H2,1-2H3,(H,51,52)(H,54,55)/b7-5-,13-11-,16-15-,19-18-,22-21-,25-24-,28-12-,39-34-. The molecule has 0 aliphatic heterocycles. The van der Waals surface area contributed by atoms with Crippen molar-refractivity contribution in [2.24, 2.45) is 5.73 Å². The molecular weight excluding hydrogens is 697 g/mol. The number of amides is 1. The van der Waals surface area contributed by atoms with E-state index in [0.717, 1.165) is 109 Å². The minimum absolute atomic E-state index is 0.133. The maximum atomic E-state index is 12.7. The summed E-state index contributed by atoms with van der Waals surface area (Å²) in [6.07, 6.45) is 57.6. The van der Waals surface area contributed by atoms with Crippen LogP contribution in [0.4, 0.5) is 0 Å². The first kappa shape index (κ1) is 52.3. The Morgan fingerprint density at radius 3 is 1.57 bits per heavy atom. The van der Waals surface area contributed by atoms with E-state index in [2.05, 4.69) is 110 Å². The molecule has 0 aliphatic carbocycles. The molecule has 7 heteroatoms. The number of unbranched alkanes of at least 4 members (excludes halogenated alkanes) is 10. The van der Waals surface area contributed by atoms with Gasteiger partial charge in [-0.05, 0) is 122 Å². The van der Waals surface area contributed by atoms with Gasteiger partial charge in [0.25, 0.3) is 0 Å². The molecule has 0 aromatic carbocycles. The van der Waals surface area contributed by atoms with Crippen molar-refractivity contribution in [2.45, 2.75) is 187 Å². The Morgan fingerprint density at radius 1 is 0.554 bits per heavy atom. The molecule has 2 atom stereocenters. The van der Waals surface area contributed by atoms with Gasteiger partial charge in [0.15, 0.2) is 0 Å². The highest BCUT2D eigenvalue weighted by Crippen LogP contribution is 2.14. The summed E-state index contributed by atoms with van der Waals surface area (Å²) in [7, 11) is 0. The van der Waals surface area contributed by atoms with Crippen LogP contribution in [0.5, 0.6) is 0 Å². The number of rotatable bonds is 38. The summed E-state index contributed by atoms with van der Waals surface area (Å²) in [5.74, 6) is -1.39. The molecule has 56 heavy (non-hydrogen) atoms. The molecule has 0 rings (SSSR count). The van der Waals surface area contributed by atoms with E-state index in [1.165, 1.54) is 19.3 Å². The average molecular weight is 777 g/mol. The number of carboxylic acid groups (broad SMARTS) is 1. The highest BCUT2D eigenvalue weighted by atomic mass is 16.5. The smallest absolute Gasteiger partial charge is 0.326 e. The molecule has 0 aromatic heterocycles. The number of nitrogens with one attached hydrogen (secondary N) is 1. The molecule has 4 N–H and O–H groups in total. The fraction of sp³-hybridized carbons (Fsp3) is 0.612. The lowest BCUT2D eigenvalue weighted by Gasteiger charge is -2.15. The topological polar surface area (TPSA) is 119 Å². The van der Waals surface area contributed by atoms with Gasteiger partial charge in [-0.3, -0.25) is 9.59 Å². The number of aliphatic carboxylic acids is 1. The SMILES string of the molecule is CC/C=C\C/C=C\C/C=C\C/C=C\C/C=C\C/C=C\CCCCCCC(=O)OC(/C=C\C/C=C\CCCCC)CCCCCCC(=O)NC(CCCN)C(=O)O. The molecule has 0 heterocycles. The van der Waals surface area contributed by atoms with Gasteiger partial charge in [0, 0.05) is 12.8 Å². The number of carbonyl (C=O) groups excluding carboxylic acids is 2. The first-order valence-corrected chi connectivity index (χ1v) is 22.1. The third kappa shape index (κ3) is 38.6. The van der Waals surface area contributed by atoms with Crippen molar-refractivity contribution >= 4 is 17.8 Å². The predicted molar refractivity (Wildman–Crippen MR) is 238 cm³/mol. The number of esters is 1.